The number of nitrogens with zero attached hydrogens (tertiary/aromatic N) is 3. The van der Waals surface area contributed by atoms with E-state index in [1.807, 2.05) is 41.1 Å². The summed E-state index contributed by atoms with van der Waals surface area (Å²) in [5.41, 5.74) is 1.64. The number of para-hydroxylation sites is 2. The van der Waals surface area contributed by atoms with Crippen molar-refractivity contribution in [2.75, 3.05) is 50.0 Å². The van der Waals surface area contributed by atoms with E-state index in [1.165, 1.54) is 0 Å². The Morgan fingerprint density at radius 3 is 2.62 bits per heavy atom. The Labute approximate surface area is 153 Å². The second-order valence-electron chi connectivity index (χ2n) is 7.15. The Bertz CT molecular complexity index is 698. The fourth-order valence-corrected chi connectivity index (χ4v) is 3.59. The predicted molar refractivity (Wildman–Crippen MR) is 99.9 cm³/mol. The Hall–Kier alpha value is -2.57. The van der Waals surface area contributed by atoms with Crippen molar-refractivity contribution in [3.63, 3.8) is 0 Å². The summed E-state index contributed by atoms with van der Waals surface area (Å²) in [7, 11) is 1.82. The Balaban J connectivity index is 1.55. The Morgan fingerprint density at radius 1 is 1.23 bits per heavy atom. The summed E-state index contributed by atoms with van der Waals surface area (Å²) in [4.78, 5) is 41.4. The first-order valence-electron chi connectivity index (χ1n) is 9.07. The average molecular weight is 358 g/mol. The number of hydrogen-bond donors (Lipinski definition) is 1. The van der Waals surface area contributed by atoms with Crippen LogP contribution in [0.5, 0.6) is 0 Å². The second-order valence-corrected chi connectivity index (χ2v) is 7.15. The van der Waals surface area contributed by atoms with E-state index in [0.29, 0.717) is 19.0 Å². The van der Waals surface area contributed by atoms with Crippen LogP contribution < -0.4 is 10.2 Å². The van der Waals surface area contributed by atoms with Crippen LogP contribution in [-0.4, -0.2) is 67.3 Å². The summed E-state index contributed by atoms with van der Waals surface area (Å²) in [6.07, 6.45) is 1.81. The van der Waals surface area contributed by atoms with Crippen molar-refractivity contribution in [2.24, 2.45) is 5.92 Å². The van der Waals surface area contributed by atoms with Crippen LogP contribution in [0.1, 0.15) is 19.8 Å². The van der Waals surface area contributed by atoms with E-state index < -0.39 is 0 Å². The lowest BCUT2D eigenvalue weighted by Crippen LogP contribution is -2.48. The minimum Gasteiger partial charge on any atom is -0.351 e. The zero-order valence-corrected chi connectivity index (χ0v) is 15.4. The predicted octanol–water partition coefficient (Wildman–Crippen LogP) is 1.16. The van der Waals surface area contributed by atoms with Gasteiger partial charge < -0.3 is 20.0 Å². The van der Waals surface area contributed by atoms with Crippen LogP contribution in [0, 0.1) is 5.92 Å². The third-order valence-electron chi connectivity index (χ3n) is 5.22. The average Bonchev–Trinajstić information content (AvgIpc) is 2.62. The van der Waals surface area contributed by atoms with Crippen LogP contribution in [0.25, 0.3) is 0 Å². The number of rotatable bonds is 4. The highest BCUT2D eigenvalue weighted by Crippen LogP contribution is 2.29. The largest absolute Gasteiger partial charge is 0.351 e. The molecule has 7 heteroatoms. The highest BCUT2D eigenvalue weighted by molar-refractivity contribution is 6.02. The molecular weight excluding hydrogens is 332 g/mol. The van der Waals surface area contributed by atoms with Crippen LogP contribution >= 0.6 is 0 Å². The maximum atomic E-state index is 12.7. The number of carbonyl (C=O) groups is 3. The summed E-state index contributed by atoms with van der Waals surface area (Å²) >= 11 is 0. The second kappa shape index (κ2) is 7.76. The molecule has 26 heavy (non-hydrogen) atoms. The summed E-state index contributed by atoms with van der Waals surface area (Å²) in [6, 6.07) is 7.55. The number of carbonyl (C=O) groups excluding carboxylic acids is 3. The number of nitrogens with one attached hydrogen (secondary N) is 1. The van der Waals surface area contributed by atoms with Crippen LogP contribution in [0.15, 0.2) is 24.3 Å². The van der Waals surface area contributed by atoms with Gasteiger partial charge in [-0.2, -0.15) is 0 Å². The number of amides is 3. The smallest absolute Gasteiger partial charge is 0.243 e. The van der Waals surface area contributed by atoms with Crippen molar-refractivity contribution in [1.29, 1.82) is 0 Å². The highest BCUT2D eigenvalue weighted by Gasteiger charge is 2.28. The number of benzene rings is 1. The molecule has 0 saturated carbocycles. The third kappa shape index (κ3) is 4.15. The fourth-order valence-electron chi connectivity index (χ4n) is 3.59. The van der Waals surface area contributed by atoms with Crippen LogP contribution in [0.4, 0.5) is 11.4 Å². The Morgan fingerprint density at radius 2 is 1.92 bits per heavy atom. The number of anilines is 2. The van der Waals surface area contributed by atoms with Gasteiger partial charge in [0.25, 0.3) is 0 Å². The van der Waals surface area contributed by atoms with Crippen molar-refractivity contribution in [2.45, 2.75) is 19.8 Å². The normalized spacial score (nSPS) is 17.5. The van der Waals surface area contributed by atoms with Gasteiger partial charge in [-0.25, -0.2) is 0 Å². The van der Waals surface area contributed by atoms with Crippen molar-refractivity contribution in [3.8, 4) is 0 Å². The van der Waals surface area contributed by atoms with E-state index in [0.717, 1.165) is 30.8 Å². The summed E-state index contributed by atoms with van der Waals surface area (Å²) in [5.74, 6) is 0.468. The Kier molecular flexibility index (Phi) is 5.44. The molecule has 1 N–H and O–H groups in total. The maximum absolute atomic E-state index is 12.7. The van der Waals surface area contributed by atoms with E-state index in [-0.39, 0.29) is 30.8 Å². The maximum Gasteiger partial charge on any atom is 0.243 e. The van der Waals surface area contributed by atoms with Gasteiger partial charge in [-0.1, -0.05) is 12.1 Å². The van der Waals surface area contributed by atoms with E-state index in [1.54, 1.807) is 11.8 Å². The highest BCUT2D eigenvalue weighted by atomic mass is 16.2. The molecule has 0 spiro atoms. The molecule has 1 aromatic rings. The molecule has 1 fully saturated rings. The molecule has 2 heterocycles. The van der Waals surface area contributed by atoms with Gasteiger partial charge in [-0.15, -0.1) is 0 Å². The molecule has 3 rings (SSSR count). The van der Waals surface area contributed by atoms with Crippen molar-refractivity contribution in [3.05, 3.63) is 24.3 Å². The van der Waals surface area contributed by atoms with Gasteiger partial charge in [0.15, 0.2) is 0 Å². The molecule has 0 bridgehead atoms. The molecule has 0 radical (unpaired) electrons. The molecule has 2 aliphatic heterocycles. The lowest BCUT2D eigenvalue weighted by atomic mass is 9.96. The fraction of sp³-hybridized carbons (Fsp3) is 0.526. The summed E-state index contributed by atoms with van der Waals surface area (Å²) in [6.45, 7) is 4.14. The van der Waals surface area contributed by atoms with Gasteiger partial charge in [0.05, 0.1) is 24.5 Å². The lowest BCUT2D eigenvalue weighted by molar-refractivity contribution is -0.132. The van der Waals surface area contributed by atoms with E-state index >= 15 is 0 Å². The van der Waals surface area contributed by atoms with Crippen LogP contribution in [0.3, 0.4) is 0 Å². The SMILES string of the molecule is CC(=O)N(C)CC1CCN(C(=O)CN2CC(=O)Nc3ccccc32)CC1. The third-order valence-corrected chi connectivity index (χ3v) is 5.22. The van der Waals surface area contributed by atoms with E-state index in [4.69, 9.17) is 0 Å². The van der Waals surface area contributed by atoms with E-state index in [9.17, 15) is 14.4 Å². The summed E-state index contributed by atoms with van der Waals surface area (Å²) < 4.78 is 0. The zero-order valence-electron chi connectivity index (χ0n) is 15.4. The molecule has 3 amide bonds. The molecule has 2 aliphatic rings. The van der Waals surface area contributed by atoms with Crippen molar-refractivity contribution < 1.29 is 14.4 Å². The van der Waals surface area contributed by atoms with Crippen molar-refractivity contribution in [1.82, 2.24) is 9.80 Å². The van der Waals surface area contributed by atoms with Gasteiger partial charge in [0.2, 0.25) is 17.7 Å². The molecule has 0 aromatic heterocycles. The first-order valence-corrected chi connectivity index (χ1v) is 9.07. The monoisotopic (exact) mass is 358 g/mol. The van der Waals surface area contributed by atoms with Gasteiger partial charge in [-0.3, -0.25) is 14.4 Å². The number of piperidine rings is 1. The standard InChI is InChI=1S/C19H26N4O3/c1-14(24)21(2)11-15-7-9-22(10-8-15)19(26)13-23-12-18(25)20-16-5-3-4-6-17(16)23/h3-6,15H,7-13H2,1-2H3,(H,20,25). The summed E-state index contributed by atoms with van der Waals surface area (Å²) in [5, 5.41) is 2.84. The minimum atomic E-state index is -0.0949. The van der Waals surface area contributed by atoms with Gasteiger partial charge in [0, 0.05) is 33.6 Å². The number of hydrogen-bond acceptors (Lipinski definition) is 4. The molecular formula is C19H26N4O3. The molecule has 0 unspecified atom stereocenters. The molecule has 7 nitrogen and oxygen atoms in total. The van der Waals surface area contributed by atoms with Gasteiger partial charge in [-0.05, 0) is 30.9 Å². The van der Waals surface area contributed by atoms with Gasteiger partial charge in [0.1, 0.15) is 0 Å². The van der Waals surface area contributed by atoms with E-state index in [2.05, 4.69) is 5.32 Å². The molecule has 0 atom stereocenters. The topological polar surface area (TPSA) is 73.0 Å². The van der Waals surface area contributed by atoms with Gasteiger partial charge >= 0.3 is 0 Å². The van der Waals surface area contributed by atoms with Crippen LogP contribution in [0.2, 0.25) is 0 Å². The van der Waals surface area contributed by atoms with Crippen LogP contribution in [-0.2, 0) is 14.4 Å². The minimum absolute atomic E-state index is 0.0490. The quantitative estimate of drug-likeness (QED) is 0.877. The number of likely N-dealkylation sites (tertiary alicyclic amines) is 1. The van der Waals surface area contributed by atoms with Crippen molar-refractivity contribution >= 4 is 29.1 Å². The number of fused-ring (bicyclic) bond motifs is 1. The first-order chi connectivity index (χ1) is 12.4. The molecule has 1 saturated heterocycles. The molecule has 140 valence electrons. The first kappa shape index (κ1) is 18.2. The zero-order chi connectivity index (χ0) is 18.7. The lowest BCUT2D eigenvalue weighted by Gasteiger charge is -2.36. The molecule has 0 aliphatic carbocycles. The molecule has 1 aromatic carbocycles.